The van der Waals surface area contributed by atoms with Gasteiger partial charge in [0.15, 0.2) is 17.0 Å². The van der Waals surface area contributed by atoms with Crippen LogP contribution in [0.15, 0.2) is 6.33 Å². The van der Waals surface area contributed by atoms with E-state index < -0.39 is 0 Å². The number of nitrogens with zero attached hydrogens (tertiary/aromatic N) is 5. The molecule has 0 radical (unpaired) electrons. The Morgan fingerprint density at radius 1 is 1.26 bits per heavy atom. The maximum atomic E-state index is 6.14. The molecule has 2 aromatic heterocycles. The lowest BCUT2D eigenvalue weighted by Crippen LogP contribution is -2.28. The van der Waals surface area contributed by atoms with Crippen molar-refractivity contribution >= 4 is 28.6 Å². The van der Waals surface area contributed by atoms with Gasteiger partial charge in [-0.2, -0.15) is 9.97 Å². The topological polar surface area (TPSA) is 58.9 Å². The first kappa shape index (κ1) is 16.5. The predicted octanol–water partition coefficient (Wildman–Crippen LogP) is 3.35. The van der Waals surface area contributed by atoms with Crippen LogP contribution in [0.2, 0.25) is 5.28 Å². The van der Waals surface area contributed by atoms with Crippen molar-refractivity contribution in [3.8, 4) is 0 Å². The number of imidazole rings is 1. The summed E-state index contributed by atoms with van der Waals surface area (Å²) >= 11 is 6.14. The lowest BCUT2D eigenvalue weighted by molar-refractivity contribution is 0.316. The van der Waals surface area contributed by atoms with E-state index in [2.05, 4.69) is 43.6 Å². The minimum Gasteiger partial charge on any atom is -0.367 e. The van der Waals surface area contributed by atoms with Crippen molar-refractivity contribution in [1.82, 2.24) is 24.4 Å². The standard InChI is InChI=1S/C16H25ClN6/c1-3-22(4-2)10-9-18-14-13-15(21-16(17)20-14)23(11-19-13)12-7-5-6-8-12/h11-12H,3-10H2,1-2H3,(H,18,20,21). The van der Waals surface area contributed by atoms with Crippen LogP contribution >= 0.6 is 11.6 Å². The lowest BCUT2D eigenvalue weighted by atomic mass is 10.2. The highest BCUT2D eigenvalue weighted by atomic mass is 35.5. The maximum absolute atomic E-state index is 6.14. The van der Waals surface area contributed by atoms with E-state index in [0.29, 0.717) is 6.04 Å². The van der Waals surface area contributed by atoms with Gasteiger partial charge in [-0.05, 0) is 37.5 Å². The molecule has 0 spiro atoms. The van der Waals surface area contributed by atoms with E-state index in [0.717, 1.165) is 43.2 Å². The van der Waals surface area contributed by atoms with E-state index in [1.807, 2.05) is 6.33 Å². The van der Waals surface area contributed by atoms with Crippen LogP contribution in [0.1, 0.15) is 45.6 Å². The molecule has 0 bridgehead atoms. The Labute approximate surface area is 142 Å². The third-order valence-corrected chi connectivity index (χ3v) is 4.90. The normalized spacial score (nSPS) is 15.8. The van der Waals surface area contributed by atoms with Crippen molar-refractivity contribution < 1.29 is 0 Å². The van der Waals surface area contributed by atoms with Gasteiger partial charge in [-0.3, -0.25) is 0 Å². The van der Waals surface area contributed by atoms with Crippen LogP contribution in [0.4, 0.5) is 5.82 Å². The molecular formula is C16H25ClN6. The fourth-order valence-corrected chi connectivity index (χ4v) is 3.50. The second-order valence-electron chi connectivity index (χ2n) is 6.06. The van der Waals surface area contributed by atoms with E-state index in [1.165, 1.54) is 25.7 Å². The minimum absolute atomic E-state index is 0.280. The van der Waals surface area contributed by atoms with Crippen molar-refractivity contribution in [2.75, 3.05) is 31.5 Å². The second kappa shape index (κ2) is 7.45. The molecule has 2 heterocycles. The highest BCUT2D eigenvalue weighted by Gasteiger charge is 2.21. The first-order chi connectivity index (χ1) is 11.2. The zero-order valence-electron chi connectivity index (χ0n) is 13.9. The van der Waals surface area contributed by atoms with E-state index in [1.54, 1.807) is 0 Å². The van der Waals surface area contributed by atoms with Gasteiger partial charge in [0.2, 0.25) is 5.28 Å². The summed E-state index contributed by atoms with van der Waals surface area (Å²) in [7, 11) is 0. The van der Waals surface area contributed by atoms with Crippen LogP contribution in [0.3, 0.4) is 0 Å². The minimum atomic E-state index is 0.280. The molecule has 0 saturated heterocycles. The first-order valence-electron chi connectivity index (χ1n) is 8.59. The van der Waals surface area contributed by atoms with Crippen LogP contribution in [0.5, 0.6) is 0 Å². The number of halogens is 1. The SMILES string of the molecule is CCN(CC)CCNc1nc(Cl)nc2c1ncn2C1CCCC1. The van der Waals surface area contributed by atoms with Gasteiger partial charge in [0.25, 0.3) is 0 Å². The average Bonchev–Trinajstić information content (AvgIpc) is 3.20. The summed E-state index contributed by atoms with van der Waals surface area (Å²) in [5.41, 5.74) is 1.67. The molecule has 6 nitrogen and oxygen atoms in total. The summed E-state index contributed by atoms with van der Waals surface area (Å²) < 4.78 is 2.17. The number of likely N-dealkylation sites (N-methyl/N-ethyl adjacent to an activating group) is 1. The van der Waals surface area contributed by atoms with Gasteiger partial charge < -0.3 is 14.8 Å². The molecule has 2 aromatic rings. The molecule has 126 valence electrons. The molecule has 3 rings (SSSR count). The summed E-state index contributed by atoms with van der Waals surface area (Å²) in [4.78, 5) is 15.7. The third-order valence-electron chi connectivity index (χ3n) is 4.73. The van der Waals surface area contributed by atoms with Gasteiger partial charge in [-0.25, -0.2) is 4.98 Å². The monoisotopic (exact) mass is 336 g/mol. The van der Waals surface area contributed by atoms with Crippen LogP contribution in [-0.2, 0) is 0 Å². The highest BCUT2D eigenvalue weighted by molar-refractivity contribution is 6.28. The molecule has 23 heavy (non-hydrogen) atoms. The Balaban J connectivity index is 1.80. The summed E-state index contributed by atoms with van der Waals surface area (Å²) in [6, 6.07) is 0.495. The summed E-state index contributed by atoms with van der Waals surface area (Å²) in [6.07, 6.45) is 6.83. The molecule has 1 N–H and O–H groups in total. The van der Waals surface area contributed by atoms with Crippen LogP contribution < -0.4 is 5.32 Å². The zero-order valence-corrected chi connectivity index (χ0v) is 14.7. The van der Waals surface area contributed by atoms with Crippen LogP contribution in [-0.4, -0.2) is 50.6 Å². The van der Waals surface area contributed by atoms with E-state index in [-0.39, 0.29) is 5.28 Å². The van der Waals surface area contributed by atoms with Crippen molar-refractivity contribution in [3.05, 3.63) is 11.6 Å². The Morgan fingerprint density at radius 3 is 2.70 bits per heavy atom. The quantitative estimate of drug-likeness (QED) is 0.786. The number of aromatic nitrogens is 4. The maximum Gasteiger partial charge on any atom is 0.226 e. The largest absolute Gasteiger partial charge is 0.367 e. The molecule has 1 aliphatic carbocycles. The fraction of sp³-hybridized carbons (Fsp3) is 0.688. The molecular weight excluding hydrogens is 312 g/mol. The molecule has 7 heteroatoms. The Kier molecular flexibility index (Phi) is 5.33. The molecule has 1 aliphatic rings. The van der Waals surface area contributed by atoms with Crippen LogP contribution in [0.25, 0.3) is 11.2 Å². The highest BCUT2D eigenvalue weighted by Crippen LogP contribution is 2.32. The molecule has 0 aromatic carbocycles. The molecule has 0 atom stereocenters. The summed E-state index contributed by atoms with van der Waals surface area (Å²) in [5.74, 6) is 0.740. The van der Waals surface area contributed by atoms with Crippen molar-refractivity contribution in [2.45, 2.75) is 45.6 Å². The Hall–Kier alpha value is -1.40. The zero-order chi connectivity index (χ0) is 16.2. The molecule has 1 fully saturated rings. The summed E-state index contributed by atoms with van der Waals surface area (Å²) in [5, 5.41) is 3.66. The van der Waals surface area contributed by atoms with Gasteiger partial charge in [-0.1, -0.05) is 26.7 Å². The van der Waals surface area contributed by atoms with Gasteiger partial charge in [-0.15, -0.1) is 0 Å². The fourth-order valence-electron chi connectivity index (χ4n) is 3.34. The second-order valence-corrected chi connectivity index (χ2v) is 6.40. The molecule has 0 aliphatic heterocycles. The third kappa shape index (κ3) is 3.58. The number of hydrogen-bond acceptors (Lipinski definition) is 5. The van der Waals surface area contributed by atoms with E-state index in [9.17, 15) is 0 Å². The van der Waals surface area contributed by atoms with E-state index in [4.69, 9.17) is 11.6 Å². The van der Waals surface area contributed by atoms with Gasteiger partial charge >= 0.3 is 0 Å². The van der Waals surface area contributed by atoms with Gasteiger partial charge in [0.1, 0.15) is 0 Å². The smallest absolute Gasteiger partial charge is 0.226 e. The van der Waals surface area contributed by atoms with Gasteiger partial charge in [0.05, 0.1) is 6.33 Å². The number of rotatable bonds is 7. The van der Waals surface area contributed by atoms with Crippen molar-refractivity contribution in [1.29, 1.82) is 0 Å². The Morgan fingerprint density at radius 2 is 2.00 bits per heavy atom. The van der Waals surface area contributed by atoms with Crippen molar-refractivity contribution in [2.24, 2.45) is 0 Å². The van der Waals surface area contributed by atoms with Crippen LogP contribution in [0, 0.1) is 0 Å². The Bertz CT molecular complexity index is 645. The van der Waals surface area contributed by atoms with E-state index >= 15 is 0 Å². The number of fused-ring (bicyclic) bond motifs is 1. The molecule has 1 saturated carbocycles. The molecule has 0 unspecified atom stereocenters. The predicted molar refractivity (Wildman–Crippen MR) is 94.1 cm³/mol. The average molecular weight is 337 g/mol. The lowest BCUT2D eigenvalue weighted by Gasteiger charge is -2.18. The first-order valence-corrected chi connectivity index (χ1v) is 8.97. The van der Waals surface area contributed by atoms with Gasteiger partial charge in [0, 0.05) is 19.1 Å². The number of nitrogens with one attached hydrogen (secondary N) is 1. The number of hydrogen-bond donors (Lipinski definition) is 1. The number of anilines is 1. The summed E-state index contributed by atoms with van der Waals surface area (Å²) in [6.45, 7) is 8.24. The molecule has 0 amide bonds. The van der Waals surface area contributed by atoms with Crippen molar-refractivity contribution in [3.63, 3.8) is 0 Å².